The van der Waals surface area contributed by atoms with Crippen LogP contribution in [0.2, 0.25) is 0 Å². The van der Waals surface area contributed by atoms with Gasteiger partial charge < -0.3 is 9.14 Å². The van der Waals surface area contributed by atoms with Crippen molar-refractivity contribution >= 4 is 5.65 Å². The largest absolute Gasteiger partial charge is 0.497 e. The fraction of sp³-hybridized carbons (Fsp3) is 0.188. The third-order valence-electron chi connectivity index (χ3n) is 3.17. The molecule has 0 bridgehead atoms. The lowest BCUT2D eigenvalue weighted by atomic mass is 10.1. The van der Waals surface area contributed by atoms with Gasteiger partial charge in [0.25, 0.3) is 0 Å². The van der Waals surface area contributed by atoms with Crippen LogP contribution >= 0.6 is 0 Å². The number of benzene rings is 1. The highest BCUT2D eigenvalue weighted by molar-refractivity contribution is 5.42. The van der Waals surface area contributed by atoms with Crippen LogP contribution in [-0.2, 0) is 6.42 Å². The van der Waals surface area contributed by atoms with Gasteiger partial charge in [-0.25, -0.2) is 4.98 Å². The smallest absolute Gasteiger partial charge is 0.137 e. The molecule has 0 radical (unpaired) electrons. The Morgan fingerprint density at radius 3 is 2.89 bits per heavy atom. The maximum Gasteiger partial charge on any atom is 0.137 e. The van der Waals surface area contributed by atoms with Gasteiger partial charge in [0.15, 0.2) is 0 Å². The summed E-state index contributed by atoms with van der Waals surface area (Å²) in [7, 11) is 1.69. The van der Waals surface area contributed by atoms with Gasteiger partial charge in [0.1, 0.15) is 11.4 Å². The van der Waals surface area contributed by atoms with Gasteiger partial charge in [-0.05, 0) is 36.2 Å². The summed E-state index contributed by atoms with van der Waals surface area (Å²) in [5.41, 5.74) is 4.50. The molecule has 3 heteroatoms. The van der Waals surface area contributed by atoms with Crippen molar-refractivity contribution in [2.24, 2.45) is 0 Å². The first-order valence-corrected chi connectivity index (χ1v) is 6.32. The Kier molecular flexibility index (Phi) is 2.95. The van der Waals surface area contributed by atoms with Crippen LogP contribution in [0.1, 0.15) is 16.8 Å². The molecule has 0 saturated carbocycles. The van der Waals surface area contributed by atoms with E-state index in [1.165, 1.54) is 11.1 Å². The zero-order valence-corrected chi connectivity index (χ0v) is 11.1. The van der Waals surface area contributed by atoms with Crippen LogP contribution in [0.4, 0.5) is 0 Å². The normalized spacial score (nSPS) is 10.8. The molecule has 2 aromatic heterocycles. The van der Waals surface area contributed by atoms with Crippen LogP contribution in [0.15, 0.2) is 48.8 Å². The molecule has 0 unspecified atom stereocenters. The Morgan fingerprint density at radius 2 is 2.05 bits per heavy atom. The minimum atomic E-state index is 0.817. The molecule has 0 aliphatic carbocycles. The van der Waals surface area contributed by atoms with E-state index in [9.17, 15) is 0 Å². The standard InChI is InChI=1S/C16H16N2O/c1-12-6-7-16-17-14(11-18(16)10-12)8-13-4-3-5-15(9-13)19-2/h3-7,9-11H,8H2,1-2H3. The second kappa shape index (κ2) is 4.76. The maximum absolute atomic E-state index is 5.24. The number of hydrogen-bond donors (Lipinski definition) is 0. The Balaban J connectivity index is 1.92. The van der Waals surface area contributed by atoms with Crippen LogP contribution in [0, 0.1) is 6.92 Å². The second-order valence-electron chi connectivity index (χ2n) is 4.73. The summed E-state index contributed by atoms with van der Waals surface area (Å²) in [5, 5.41) is 0. The molecule has 0 spiro atoms. The summed E-state index contributed by atoms with van der Waals surface area (Å²) in [6.45, 7) is 2.08. The number of methoxy groups -OCH3 is 1. The first-order chi connectivity index (χ1) is 9.24. The third-order valence-corrected chi connectivity index (χ3v) is 3.17. The Bertz CT molecular complexity index is 716. The van der Waals surface area contributed by atoms with Crippen molar-refractivity contribution in [2.45, 2.75) is 13.3 Å². The van der Waals surface area contributed by atoms with Gasteiger partial charge in [0.2, 0.25) is 0 Å². The van der Waals surface area contributed by atoms with Crippen LogP contribution < -0.4 is 4.74 Å². The molecule has 0 atom stereocenters. The monoisotopic (exact) mass is 252 g/mol. The number of ether oxygens (including phenoxy) is 1. The number of pyridine rings is 1. The summed E-state index contributed by atoms with van der Waals surface area (Å²) < 4.78 is 7.32. The molecule has 96 valence electrons. The van der Waals surface area contributed by atoms with Gasteiger partial charge in [-0.2, -0.15) is 0 Å². The van der Waals surface area contributed by atoms with Crippen molar-refractivity contribution < 1.29 is 4.74 Å². The Labute approximate surface area is 112 Å². The average molecular weight is 252 g/mol. The van der Waals surface area contributed by atoms with Gasteiger partial charge >= 0.3 is 0 Å². The molecule has 0 saturated heterocycles. The SMILES string of the molecule is COc1cccc(Cc2cn3cc(C)ccc3n2)c1. The summed E-state index contributed by atoms with van der Waals surface area (Å²) >= 11 is 0. The molecule has 3 aromatic rings. The first-order valence-electron chi connectivity index (χ1n) is 6.32. The predicted octanol–water partition coefficient (Wildman–Crippen LogP) is 3.24. The molecule has 2 heterocycles. The van der Waals surface area contributed by atoms with Crippen molar-refractivity contribution in [1.82, 2.24) is 9.38 Å². The summed E-state index contributed by atoms with van der Waals surface area (Å²) in [4.78, 5) is 4.63. The van der Waals surface area contributed by atoms with Crippen molar-refractivity contribution in [1.29, 1.82) is 0 Å². The van der Waals surface area contributed by atoms with Gasteiger partial charge in [-0.1, -0.05) is 18.2 Å². The highest BCUT2D eigenvalue weighted by Gasteiger charge is 2.04. The Morgan fingerprint density at radius 1 is 1.16 bits per heavy atom. The zero-order chi connectivity index (χ0) is 13.2. The highest BCUT2D eigenvalue weighted by Crippen LogP contribution is 2.16. The van der Waals surface area contributed by atoms with E-state index in [0.717, 1.165) is 23.5 Å². The number of rotatable bonds is 3. The molecule has 3 nitrogen and oxygen atoms in total. The van der Waals surface area contributed by atoms with Crippen LogP contribution in [-0.4, -0.2) is 16.5 Å². The van der Waals surface area contributed by atoms with Gasteiger partial charge in [0, 0.05) is 18.8 Å². The van der Waals surface area contributed by atoms with Crippen molar-refractivity contribution in [3.05, 3.63) is 65.6 Å². The van der Waals surface area contributed by atoms with E-state index in [1.807, 2.05) is 18.2 Å². The fourth-order valence-electron chi connectivity index (χ4n) is 2.23. The lowest BCUT2D eigenvalue weighted by Crippen LogP contribution is -1.89. The third kappa shape index (κ3) is 2.45. The van der Waals surface area contributed by atoms with Gasteiger partial charge in [-0.3, -0.25) is 0 Å². The van der Waals surface area contributed by atoms with E-state index < -0.39 is 0 Å². The minimum absolute atomic E-state index is 0.817. The first kappa shape index (κ1) is 11.8. The maximum atomic E-state index is 5.24. The van der Waals surface area contributed by atoms with E-state index in [1.54, 1.807) is 7.11 Å². The number of imidazole rings is 1. The van der Waals surface area contributed by atoms with Crippen molar-refractivity contribution in [3.8, 4) is 5.75 Å². The molecular formula is C16H16N2O. The van der Waals surface area contributed by atoms with Crippen LogP contribution in [0.3, 0.4) is 0 Å². The van der Waals surface area contributed by atoms with E-state index >= 15 is 0 Å². The molecule has 0 aliphatic heterocycles. The van der Waals surface area contributed by atoms with E-state index in [0.29, 0.717) is 0 Å². The van der Waals surface area contributed by atoms with E-state index in [4.69, 9.17) is 4.74 Å². The Hall–Kier alpha value is -2.29. The number of fused-ring (bicyclic) bond motifs is 1. The van der Waals surface area contributed by atoms with Crippen molar-refractivity contribution in [2.75, 3.05) is 7.11 Å². The summed E-state index contributed by atoms with van der Waals surface area (Å²) in [6, 6.07) is 12.2. The minimum Gasteiger partial charge on any atom is -0.497 e. The lowest BCUT2D eigenvalue weighted by molar-refractivity contribution is 0.414. The number of aromatic nitrogens is 2. The van der Waals surface area contributed by atoms with Gasteiger partial charge in [-0.15, -0.1) is 0 Å². The number of aryl methyl sites for hydroxylation is 1. The topological polar surface area (TPSA) is 26.5 Å². The van der Waals surface area contributed by atoms with E-state index in [-0.39, 0.29) is 0 Å². The molecule has 3 rings (SSSR count). The second-order valence-corrected chi connectivity index (χ2v) is 4.73. The number of nitrogens with zero attached hydrogens (tertiary/aromatic N) is 2. The molecule has 0 amide bonds. The zero-order valence-electron chi connectivity index (χ0n) is 11.1. The predicted molar refractivity (Wildman–Crippen MR) is 75.7 cm³/mol. The number of hydrogen-bond acceptors (Lipinski definition) is 2. The summed E-state index contributed by atoms with van der Waals surface area (Å²) in [6.07, 6.45) is 5.00. The molecule has 0 N–H and O–H groups in total. The van der Waals surface area contributed by atoms with Gasteiger partial charge in [0.05, 0.1) is 12.8 Å². The molecule has 0 aliphatic rings. The lowest BCUT2D eigenvalue weighted by Gasteiger charge is -2.02. The molecular weight excluding hydrogens is 236 g/mol. The average Bonchev–Trinajstić information content (AvgIpc) is 2.80. The van der Waals surface area contributed by atoms with Crippen molar-refractivity contribution in [3.63, 3.8) is 0 Å². The highest BCUT2D eigenvalue weighted by atomic mass is 16.5. The summed E-state index contributed by atoms with van der Waals surface area (Å²) in [5.74, 6) is 0.886. The van der Waals surface area contributed by atoms with Crippen LogP contribution in [0.25, 0.3) is 5.65 Å². The van der Waals surface area contributed by atoms with Crippen LogP contribution in [0.5, 0.6) is 5.75 Å². The fourth-order valence-corrected chi connectivity index (χ4v) is 2.23. The molecule has 19 heavy (non-hydrogen) atoms. The quantitative estimate of drug-likeness (QED) is 0.715. The van der Waals surface area contributed by atoms with E-state index in [2.05, 4.69) is 46.9 Å². The molecule has 0 fully saturated rings. The molecule has 1 aromatic carbocycles.